The summed E-state index contributed by atoms with van der Waals surface area (Å²) in [5.41, 5.74) is 1.41. The molecule has 4 rings (SSSR count). The number of nitrogens with zero attached hydrogens (tertiary/aromatic N) is 4. The standard InChI is InChI=1S/C23H18N4O3/c1-27-22(16-8-4-2-5-9-16)25-26-23(27)19(14-24)20(28)21-17(12-13-29-21)15-30-18-10-6-3-7-11-18/h2-13,19H,15H2,1H3. The van der Waals surface area contributed by atoms with Gasteiger partial charge in [0.2, 0.25) is 5.78 Å². The summed E-state index contributed by atoms with van der Waals surface area (Å²) < 4.78 is 12.8. The Morgan fingerprint density at radius 1 is 1.10 bits per heavy atom. The van der Waals surface area contributed by atoms with Crippen LogP contribution in [0.5, 0.6) is 5.75 Å². The Kier molecular flexibility index (Phi) is 5.39. The van der Waals surface area contributed by atoms with Crippen LogP contribution in [0.2, 0.25) is 0 Å². The molecule has 0 aliphatic heterocycles. The van der Waals surface area contributed by atoms with Crippen molar-refractivity contribution in [2.24, 2.45) is 7.05 Å². The van der Waals surface area contributed by atoms with Crippen LogP contribution < -0.4 is 4.74 Å². The number of hydrogen-bond acceptors (Lipinski definition) is 6. The molecule has 0 amide bonds. The van der Waals surface area contributed by atoms with Crippen LogP contribution in [0, 0.1) is 11.3 Å². The quantitative estimate of drug-likeness (QED) is 0.434. The first kappa shape index (κ1) is 19.2. The predicted octanol–water partition coefficient (Wildman–Crippen LogP) is 4.14. The zero-order chi connectivity index (χ0) is 20.9. The molecule has 7 nitrogen and oxygen atoms in total. The minimum absolute atomic E-state index is 0.0849. The number of ketones is 1. The second-order valence-corrected chi connectivity index (χ2v) is 6.61. The maximum absolute atomic E-state index is 13.1. The molecular weight excluding hydrogens is 380 g/mol. The highest BCUT2D eigenvalue weighted by atomic mass is 16.5. The average Bonchev–Trinajstić information content (AvgIpc) is 3.41. The lowest BCUT2D eigenvalue weighted by molar-refractivity contribution is 0.0944. The first-order valence-electron chi connectivity index (χ1n) is 9.31. The second kappa shape index (κ2) is 8.45. The molecule has 0 N–H and O–H groups in total. The molecule has 0 bridgehead atoms. The summed E-state index contributed by atoms with van der Waals surface area (Å²) >= 11 is 0. The van der Waals surface area contributed by atoms with Crippen molar-refractivity contribution in [2.75, 3.05) is 0 Å². The Balaban J connectivity index is 1.58. The van der Waals surface area contributed by atoms with E-state index in [4.69, 9.17) is 9.15 Å². The van der Waals surface area contributed by atoms with Gasteiger partial charge in [-0.15, -0.1) is 10.2 Å². The van der Waals surface area contributed by atoms with Crippen LogP contribution in [0.3, 0.4) is 0 Å². The number of nitriles is 1. The maximum Gasteiger partial charge on any atom is 0.223 e. The Morgan fingerprint density at radius 3 is 2.50 bits per heavy atom. The fourth-order valence-corrected chi connectivity index (χ4v) is 3.14. The summed E-state index contributed by atoms with van der Waals surface area (Å²) in [6.45, 7) is 0.147. The number of ether oxygens (including phenoxy) is 1. The number of para-hydroxylation sites is 1. The lowest BCUT2D eigenvalue weighted by atomic mass is 10.0. The van der Waals surface area contributed by atoms with Gasteiger partial charge in [0, 0.05) is 18.2 Å². The van der Waals surface area contributed by atoms with Crippen molar-refractivity contribution in [3.8, 4) is 23.2 Å². The maximum atomic E-state index is 13.1. The van der Waals surface area contributed by atoms with E-state index in [2.05, 4.69) is 10.2 Å². The topological polar surface area (TPSA) is 93.9 Å². The molecule has 7 heteroatoms. The average molecular weight is 398 g/mol. The number of aromatic nitrogens is 3. The number of benzene rings is 2. The van der Waals surface area contributed by atoms with Crippen molar-refractivity contribution in [3.05, 3.63) is 90.1 Å². The van der Waals surface area contributed by atoms with Crippen molar-refractivity contribution in [3.63, 3.8) is 0 Å². The van der Waals surface area contributed by atoms with Gasteiger partial charge in [-0.25, -0.2) is 0 Å². The summed E-state index contributed by atoms with van der Waals surface area (Å²) in [5, 5.41) is 18.0. The highest BCUT2D eigenvalue weighted by Gasteiger charge is 2.31. The molecule has 4 aromatic rings. The van der Waals surface area contributed by atoms with Crippen LogP contribution >= 0.6 is 0 Å². The third-order valence-electron chi connectivity index (χ3n) is 4.70. The van der Waals surface area contributed by atoms with Gasteiger partial charge in [-0.2, -0.15) is 5.26 Å². The van der Waals surface area contributed by atoms with Gasteiger partial charge in [0.1, 0.15) is 12.4 Å². The summed E-state index contributed by atoms with van der Waals surface area (Å²) in [7, 11) is 1.73. The zero-order valence-corrected chi connectivity index (χ0v) is 16.2. The van der Waals surface area contributed by atoms with Gasteiger partial charge in [-0.1, -0.05) is 48.5 Å². The first-order chi connectivity index (χ1) is 14.7. The Labute approximate surface area is 173 Å². The lowest BCUT2D eigenvalue weighted by Gasteiger charge is -2.09. The lowest BCUT2D eigenvalue weighted by Crippen LogP contribution is -2.17. The molecule has 0 aliphatic carbocycles. The third kappa shape index (κ3) is 3.71. The number of carbonyl (C=O) groups excluding carboxylic acids is 1. The first-order valence-corrected chi connectivity index (χ1v) is 9.31. The van der Waals surface area contributed by atoms with Crippen molar-refractivity contribution >= 4 is 5.78 Å². The van der Waals surface area contributed by atoms with Gasteiger partial charge in [-0.05, 0) is 18.2 Å². The van der Waals surface area contributed by atoms with Crippen LogP contribution in [-0.2, 0) is 13.7 Å². The third-order valence-corrected chi connectivity index (χ3v) is 4.70. The van der Waals surface area contributed by atoms with E-state index in [1.54, 1.807) is 17.7 Å². The number of furan rings is 1. The Hall–Kier alpha value is -4.18. The summed E-state index contributed by atoms with van der Waals surface area (Å²) in [4.78, 5) is 13.1. The zero-order valence-electron chi connectivity index (χ0n) is 16.2. The molecule has 0 spiro atoms. The van der Waals surface area contributed by atoms with Gasteiger partial charge in [-0.3, -0.25) is 4.79 Å². The van der Waals surface area contributed by atoms with Gasteiger partial charge in [0.05, 0.1) is 12.3 Å². The van der Waals surface area contributed by atoms with E-state index in [1.165, 1.54) is 6.26 Å². The summed E-state index contributed by atoms with van der Waals surface area (Å²) in [6.07, 6.45) is 1.41. The van der Waals surface area contributed by atoms with E-state index in [1.807, 2.05) is 66.7 Å². The van der Waals surface area contributed by atoms with Gasteiger partial charge >= 0.3 is 0 Å². The van der Waals surface area contributed by atoms with Crippen LogP contribution in [-0.4, -0.2) is 20.5 Å². The fourth-order valence-electron chi connectivity index (χ4n) is 3.14. The summed E-state index contributed by atoms with van der Waals surface area (Å²) in [5.74, 6) is -0.0410. The molecule has 0 fully saturated rings. The van der Waals surface area contributed by atoms with E-state index in [-0.39, 0.29) is 18.2 Å². The van der Waals surface area contributed by atoms with Gasteiger partial charge < -0.3 is 13.7 Å². The normalized spacial score (nSPS) is 11.6. The Bertz CT molecular complexity index is 1190. The Morgan fingerprint density at radius 2 is 1.80 bits per heavy atom. The van der Waals surface area contributed by atoms with E-state index in [0.29, 0.717) is 17.1 Å². The second-order valence-electron chi connectivity index (χ2n) is 6.61. The van der Waals surface area contributed by atoms with E-state index >= 15 is 0 Å². The SMILES string of the molecule is Cn1c(-c2ccccc2)nnc1C(C#N)C(=O)c1occc1COc1ccccc1. The molecule has 0 radical (unpaired) electrons. The minimum Gasteiger partial charge on any atom is -0.489 e. The van der Waals surface area contributed by atoms with E-state index in [0.717, 1.165) is 5.56 Å². The van der Waals surface area contributed by atoms with Crippen molar-refractivity contribution in [1.29, 1.82) is 5.26 Å². The van der Waals surface area contributed by atoms with Gasteiger partial charge in [0.25, 0.3) is 0 Å². The van der Waals surface area contributed by atoms with E-state index in [9.17, 15) is 10.1 Å². The molecule has 0 saturated heterocycles. The molecule has 30 heavy (non-hydrogen) atoms. The predicted molar refractivity (Wildman–Crippen MR) is 109 cm³/mol. The van der Waals surface area contributed by atoms with Gasteiger partial charge in [0.15, 0.2) is 23.3 Å². The molecule has 2 aromatic carbocycles. The number of rotatable bonds is 7. The smallest absolute Gasteiger partial charge is 0.223 e. The van der Waals surface area contributed by atoms with E-state index < -0.39 is 11.7 Å². The molecular formula is C23H18N4O3. The monoisotopic (exact) mass is 398 g/mol. The highest BCUT2D eigenvalue weighted by molar-refractivity contribution is 6.01. The molecule has 0 aliphatic rings. The van der Waals surface area contributed by atoms with Crippen LogP contribution in [0.1, 0.15) is 27.9 Å². The fraction of sp³-hybridized carbons (Fsp3) is 0.130. The number of hydrogen-bond donors (Lipinski definition) is 0. The van der Waals surface area contributed by atoms with Crippen molar-refractivity contribution in [2.45, 2.75) is 12.5 Å². The van der Waals surface area contributed by atoms with Crippen LogP contribution in [0.15, 0.2) is 77.4 Å². The molecule has 2 aromatic heterocycles. The molecule has 148 valence electrons. The minimum atomic E-state index is -1.15. The molecule has 1 unspecified atom stereocenters. The summed E-state index contributed by atoms with van der Waals surface area (Å²) in [6, 6.07) is 22.4. The van der Waals surface area contributed by atoms with Crippen molar-refractivity contribution < 1.29 is 13.9 Å². The highest BCUT2D eigenvalue weighted by Crippen LogP contribution is 2.26. The van der Waals surface area contributed by atoms with Crippen molar-refractivity contribution in [1.82, 2.24) is 14.8 Å². The molecule has 1 atom stereocenters. The van der Waals surface area contributed by atoms with Crippen LogP contribution in [0.4, 0.5) is 0 Å². The number of carbonyl (C=O) groups is 1. The largest absolute Gasteiger partial charge is 0.489 e. The molecule has 0 saturated carbocycles. The molecule has 2 heterocycles. The number of Topliss-reactive ketones (excluding diaryl/α,β-unsaturated/α-hetero) is 1. The van der Waals surface area contributed by atoms with Crippen LogP contribution in [0.25, 0.3) is 11.4 Å².